The second-order valence-corrected chi connectivity index (χ2v) is 11.3. The molecule has 0 saturated heterocycles. The first kappa shape index (κ1) is 25.1. The molecule has 0 unspecified atom stereocenters. The molecule has 4 atom stereocenters. The van der Waals surface area contributed by atoms with Crippen molar-refractivity contribution in [1.82, 2.24) is 19.9 Å². The maximum atomic E-state index is 13.9. The summed E-state index contributed by atoms with van der Waals surface area (Å²) in [6.07, 6.45) is 3.61. The van der Waals surface area contributed by atoms with Gasteiger partial charge in [0.25, 0.3) is 0 Å². The number of rotatable bonds is 8. The molecule has 11 heteroatoms. The molecule has 0 radical (unpaired) electrons. The Hall–Kier alpha value is -3.25. The Morgan fingerprint density at radius 2 is 1.97 bits per heavy atom. The lowest BCUT2D eigenvalue weighted by atomic mass is 9.96. The molecule has 5 N–H and O–H groups in total. The third-order valence-electron chi connectivity index (χ3n) is 7.73. The average Bonchev–Trinajstić information content (AvgIpc) is 3.51. The van der Waals surface area contributed by atoms with E-state index in [1.807, 2.05) is 19.1 Å². The van der Waals surface area contributed by atoms with Gasteiger partial charge in [0, 0.05) is 30.7 Å². The number of pyridine rings is 1. The van der Waals surface area contributed by atoms with Crippen LogP contribution in [0.4, 0.5) is 16.2 Å². The summed E-state index contributed by atoms with van der Waals surface area (Å²) in [4.78, 5) is 18.4. The number of hydrogen-bond donors (Lipinski definition) is 5. The largest absolute Gasteiger partial charge is 0.396 e. The third kappa shape index (κ3) is 4.60. The fraction of sp³-hybridized carbons (Fsp3) is 0.407. The number of nitrogens with zero attached hydrogens (tertiary/aromatic N) is 4. The van der Waals surface area contributed by atoms with E-state index in [2.05, 4.69) is 15.6 Å². The highest BCUT2D eigenvalue weighted by atomic mass is 32.1. The smallest absolute Gasteiger partial charge is 0.224 e. The number of aryl methyl sites for hydroxylation is 1. The van der Waals surface area contributed by atoms with Crippen LogP contribution < -0.4 is 10.6 Å². The summed E-state index contributed by atoms with van der Waals surface area (Å²) < 4.78 is 14.8. The topological polar surface area (TPSA) is 136 Å². The molecular formula is C27H29FN6O3S. The molecule has 4 aromatic rings. The molecule has 0 aliphatic heterocycles. The molecule has 2 aliphatic carbocycles. The molecule has 38 heavy (non-hydrogen) atoms. The fourth-order valence-corrected chi connectivity index (χ4v) is 6.34. The van der Waals surface area contributed by atoms with Crippen LogP contribution in [0.3, 0.4) is 0 Å². The number of anilines is 2. The van der Waals surface area contributed by atoms with Crippen LogP contribution in [0.15, 0.2) is 42.7 Å². The maximum absolute atomic E-state index is 13.9. The summed E-state index contributed by atoms with van der Waals surface area (Å²) in [5.41, 5.74) is 2.96. The Balaban J connectivity index is 1.34. The van der Waals surface area contributed by atoms with Crippen LogP contribution in [0.25, 0.3) is 20.8 Å². The minimum atomic E-state index is -1.06. The number of fused-ring (bicyclic) bond motifs is 1. The van der Waals surface area contributed by atoms with Crippen molar-refractivity contribution in [3.8, 4) is 10.6 Å². The molecule has 2 aliphatic rings. The summed E-state index contributed by atoms with van der Waals surface area (Å²) in [7, 11) is 0. The lowest BCUT2D eigenvalue weighted by molar-refractivity contribution is 0.00446. The SMILES string of the molecule is Cc1nc(NCC2(c3cccc(F)c3)CC2)nc(N[C@@H]2C[C@H](CO)[C@@H](O)[C@H]2O)c1-c1nc2cnccc2s1. The van der Waals surface area contributed by atoms with Crippen molar-refractivity contribution >= 4 is 33.3 Å². The first-order chi connectivity index (χ1) is 18.4. The van der Waals surface area contributed by atoms with Gasteiger partial charge < -0.3 is 26.0 Å². The van der Waals surface area contributed by atoms with Crippen molar-refractivity contribution in [1.29, 1.82) is 0 Å². The first-order valence-electron chi connectivity index (χ1n) is 12.7. The van der Waals surface area contributed by atoms with E-state index in [-0.39, 0.29) is 17.8 Å². The number of thiazole rings is 1. The number of halogens is 1. The molecule has 9 nitrogen and oxygen atoms in total. The van der Waals surface area contributed by atoms with Crippen molar-refractivity contribution in [2.75, 3.05) is 23.8 Å². The highest BCUT2D eigenvalue weighted by Gasteiger charge is 2.44. The number of aliphatic hydroxyl groups excluding tert-OH is 3. The van der Waals surface area contributed by atoms with Crippen LogP contribution >= 0.6 is 11.3 Å². The van der Waals surface area contributed by atoms with E-state index in [0.717, 1.165) is 28.6 Å². The maximum Gasteiger partial charge on any atom is 0.224 e. The van der Waals surface area contributed by atoms with Crippen LogP contribution in [0.2, 0.25) is 0 Å². The predicted molar refractivity (Wildman–Crippen MR) is 144 cm³/mol. The van der Waals surface area contributed by atoms with Gasteiger partial charge in [-0.05, 0) is 49.9 Å². The van der Waals surface area contributed by atoms with Crippen molar-refractivity contribution in [2.45, 2.75) is 49.9 Å². The Labute approximate surface area is 222 Å². The molecule has 0 amide bonds. The number of nitrogens with one attached hydrogen (secondary N) is 2. The molecule has 1 aromatic carbocycles. The summed E-state index contributed by atoms with van der Waals surface area (Å²) in [6, 6.07) is 8.11. The second kappa shape index (κ2) is 9.81. The Morgan fingerprint density at radius 1 is 1.13 bits per heavy atom. The predicted octanol–water partition coefficient (Wildman–Crippen LogP) is 3.25. The van der Waals surface area contributed by atoms with Gasteiger partial charge in [-0.15, -0.1) is 11.3 Å². The van der Waals surface area contributed by atoms with Crippen LogP contribution in [0, 0.1) is 18.7 Å². The molecule has 2 fully saturated rings. The lowest BCUT2D eigenvalue weighted by Gasteiger charge is -2.22. The first-order valence-corrected chi connectivity index (χ1v) is 13.5. The zero-order valence-corrected chi connectivity index (χ0v) is 21.6. The number of aliphatic hydroxyl groups is 3. The molecule has 0 bridgehead atoms. The van der Waals surface area contributed by atoms with Crippen molar-refractivity contribution in [2.24, 2.45) is 5.92 Å². The molecule has 2 saturated carbocycles. The van der Waals surface area contributed by atoms with Gasteiger partial charge in [-0.2, -0.15) is 4.98 Å². The molecule has 0 spiro atoms. The summed E-state index contributed by atoms with van der Waals surface area (Å²) in [6.45, 7) is 2.22. The lowest BCUT2D eigenvalue weighted by Crippen LogP contribution is -2.36. The van der Waals surface area contributed by atoms with Crippen molar-refractivity contribution in [3.05, 3.63) is 59.8 Å². The summed E-state index contributed by atoms with van der Waals surface area (Å²) in [5.74, 6) is 0.214. The van der Waals surface area contributed by atoms with Gasteiger partial charge in [-0.25, -0.2) is 14.4 Å². The van der Waals surface area contributed by atoms with Crippen LogP contribution in [-0.2, 0) is 5.41 Å². The minimum absolute atomic E-state index is 0.161. The van der Waals surface area contributed by atoms with Crippen LogP contribution in [0.5, 0.6) is 0 Å². The van der Waals surface area contributed by atoms with Gasteiger partial charge in [0.15, 0.2) is 0 Å². The molecule has 198 valence electrons. The molecule has 6 rings (SSSR count). The Morgan fingerprint density at radius 3 is 2.68 bits per heavy atom. The van der Waals surface area contributed by atoms with Gasteiger partial charge in [-0.1, -0.05) is 12.1 Å². The molecule has 3 aromatic heterocycles. The third-order valence-corrected chi connectivity index (χ3v) is 8.78. The average molecular weight is 537 g/mol. The van der Waals surface area contributed by atoms with Crippen LogP contribution in [-0.4, -0.2) is 66.7 Å². The Kier molecular flexibility index (Phi) is 6.47. The summed E-state index contributed by atoms with van der Waals surface area (Å²) >= 11 is 1.50. The minimum Gasteiger partial charge on any atom is -0.396 e. The summed E-state index contributed by atoms with van der Waals surface area (Å²) in [5, 5.41) is 38.0. The van der Waals surface area contributed by atoms with Gasteiger partial charge >= 0.3 is 0 Å². The van der Waals surface area contributed by atoms with E-state index in [1.54, 1.807) is 24.5 Å². The highest BCUT2D eigenvalue weighted by molar-refractivity contribution is 7.21. The quantitative estimate of drug-likeness (QED) is 0.230. The standard InChI is InChI=1S/C27H29FN6O3S/c1-14-21(25-33-19-11-29-8-5-20(19)38-25)24(32-18-9-15(12-35)22(36)23(18)37)34-26(31-14)30-13-27(6-7-27)16-3-2-4-17(28)10-16/h2-5,8,10-11,15,18,22-23,35-37H,6-7,9,12-13H2,1H3,(H2,30,31,32,34)/t15-,18-,22-,23+/m1/s1. The van der Waals surface area contributed by atoms with E-state index in [1.165, 1.54) is 17.4 Å². The zero-order valence-electron chi connectivity index (χ0n) is 20.8. The fourth-order valence-electron chi connectivity index (χ4n) is 5.31. The van der Waals surface area contributed by atoms with Gasteiger partial charge in [0.2, 0.25) is 5.95 Å². The monoisotopic (exact) mass is 536 g/mol. The number of hydrogen-bond acceptors (Lipinski definition) is 10. The normalized spacial score (nSPS) is 24.0. The van der Waals surface area contributed by atoms with E-state index in [4.69, 9.17) is 15.0 Å². The van der Waals surface area contributed by atoms with Gasteiger partial charge in [0.05, 0.1) is 34.3 Å². The van der Waals surface area contributed by atoms with E-state index in [0.29, 0.717) is 41.0 Å². The van der Waals surface area contributed by atoms with Gasteiger partial charge in [0.1, 0.15) is 28.3 Å². The van der Waals surface area contributed by atoms with Crippen molar-refractivity contribution in [3.63, 3.8) is 0 Å². The van der Waals surface area contributed by atoms with E-state index < -0.39 is 24.2 Å². The van der Waals surface area contributed by atoms with E-state index >= 15 is 0 Å². The van der Waals surface area contributed by atoms with E-state index in [9.17, 15) is 19.7 Å². The highest BCUT2D eigenvalue weighted by Crippen LogP contribution is 2.48. The van der Waals surface area contributed by atoms with Crippen LogP contribution in [0.1, 0.15) is 30.5 Å². The molecule has 3 heterocycles. The zero-order chi connectivity index (χ0) is 26.4. The number of benzene rings is 1. The van der Waals surface area contributed by atoms with Gasteiger partial charge in [-0.3, -0.25) is 4.98 Å². The van der Waals surface area contributed by atoms with Crippen molar-refractivity contribution < 1.29 is 19.7 Å². The molecular weight excluding hydrogens is 507 g/mol. The second-order valence-electron chi connectivity index (χ2n) is 10.3. The Bertz CT molecular complexity index is 1450. The number of aromatic nitrogens is 4.